The van der Waals surface area contributed by atoms with Crippen molar-refractivity contribution in [2.75, 3.05) is 7.11 Å². The predicted octanol–water partition coefficient (Wildman–Crippen LogP) is 4.73. The summed E-state index contributed by atoms with van der Waals surface area (Å²) < 4.78 is 43.0. The van der Waals surface area contributed by atoms with Crippen molar-refractivity contribution >= 4 is 27.2 Å². The molecular formula is C17H14F3NO2S. The Hall–Kier alpha value is -2.28. The Kier molecular flexibility index (Phi) is 4.36. The van der Waals surface area contributed by atoms with Gasteiger partial charge < -0.3 is 4.74 Å². The number of ether oxygens (including phenoxy) is 1. The number of carbonyl (C=O) groups excluding carboxylic acids is 1. The Morgan fingerprint density at radius 2 is 1.83 bits per heavy atom. The van der Waals surface area contributed by atoms with Gasteiger partial charge in [0.05, 0.1) is 18.2 Å². The fraction of sp³-hybridized carbons (Fsp3) is 0.176. The van der Waals surface area contributed by atoms with Gasteiger partial charge in [0.15, 0.2) is 0 Å². The lowest BCUT2D eigenvalue weighted by atomic mass is 10.1. The van der Waals surface area contributed by atoms with Crippen LogP contribution in [0, 0.1) is 0 Å². The number of alkyl halides is 3. The molecule has 0 aliphatic carbocycles. The molecule has 1 aliphatic rings. The number of rotatable bonds is 3. The van der Waals surface area contributed by atoms with E-state index >= 15 is 0 Å². The van der Waals surface area contributed by atoms with Crippen molar-refractivity contribution in [3.8, 4) is 5.75 Å². The Labute approximate surface area is 139 Å². The molecule has 0 saturated heterocycles. The van der Waals surface area contributed by atoms with Crippen LogP contribution < -0.4 is 4.74 Å². The molecule has 0 radical (unpaired) electrons. The molecule has 0 aromatic heterocycles. The second kappa shape index (κ2) is 6.32. The highest BCUT2D eigenvalue weighted by molar-refractivity contribution is 8.39. The van der Waals surface area contributed by atoms with Crippen LogP contribution in [0.15, 0.2) is 47.5 Å². The Balaban J connectivity index is 1.82. The van der Waals surface area contributed by atoms with E-state index in [1.54, 1.807) is 23.7 Å². The van der Waals surface area contributed by atoms with Gasteiger partial charge in [-0.1, -0.05) is 18.2 Å². The summed E-state index contributed by atoms with van der Waals surface area (Å²) in [6.45, 7) is 0. The molecule has 2 aromatic rings. The van der Waals surface area contributed by atoms with E-state index in [2.05, 4.69) is 4.99 Å². The maximum atomic E-state index is 12.6. The zero-order valence-electron chi connectivity index (χ0n) is 12.7. The van der Waals surface area contributed by atoms with Crippen molar-refractivity contribution in [2.45, 2.75) is 11.9 Å². The number of hydrogen-bond donors (Lipinski definition) is 1. The average Bonchev–Trinajstić information content (AvgIpc) is 2.56. The number of carbonyl (C=O) groups is 1. The standard InChI is InChI=1S/C17H14F3NO2S/c1-23-14-4-2-3-13-15(14)21-10-24(16(13)22)9-11-5-7-12(8-6-11)17(18,19)20/h2-8,10,24H,9H2,1H3. The Morgan fingerprint density at radius 1 is 1.12 bits per heavy atom. The van der Waals surface area contributed by atoms with Crippen molar-refractivity contribution in [2.24, 2.45) is 4.99 Å². The van der Waals surface area contributed by atoms with Crippen LogP contribution in [-0.2, 0) is 11.9 Å². The highest BCUT2D eigenvalue weighted by Gasteiger charge is 2.30. The lowest BCUT2D eigenvalue weighted by molar-refractivity contribution is -0.137. The van der Waals surface area contributed by atoms with E-state index in [0.717, 1.165) is 12.1 Å². The maximum absolute atomic E-state index is 12.6. The smallest absolute Gasteiger partial charge is 0.416 e. The summed E-state index contributed by atoms with van der Waals surface area (Å²) in [6.07, 6.45) is -4.36. The predicted molar refractivity (Wildman–Crippen MR) is 89.6 cm³/mol. The van der Waals surface area contributed by atoms with Crippen LogP contribution in [0.5, 0.6) is 5.75 Å². The fourth-order valence-electron chi connectivity index (χ4n) is 2.44. The molecule has 1 heterocycles. The third-order valence-electron chi connectivity index (χ3n) is 3.67. The van der Waals surface area contributed by atoms with Gasteiger partial charge in [-0.2, -0.15) is 13.2 Å². The summed E-state index contributed by atoms with van der Waals surface area (Å²) in [5.41, 5.74) is 2.59. The van der Waals surface area contributed by atoms with E-state index in [1.165, 1.54) is 19.2 Å². The maximum Gasteiger partial charge on any atom is 0.416 e. The lowest BCUT2D eigenvalue weighted by Gasteiger charge is -2.22. The van der Waals surface area contributed by atoms with Gasteiger partial charge in [-0.25, -0.2) is 4.99 Å². The van der Waals surface area contributed by atoms with E-state index in [1.807, 2.05) is 0 Å². The third kappa shape index (κ3) is 3.17. The first-order valence-electron chi connectivity index (χ1n) is 7.08. The minimum atomic E-state index is -4.36. The van der Waals surface area contributed by atoms with Gasteiger partial charge in [0.25, 0.3) is 0 Å². The summed E-state index contributed by atoms with van der Waals surface area (Å²) in [7, 11) is 0.291. The number of para-hydroxylation sites is 1. The number of thiol groups is 1. The van der Waals surface area contributed by atoms with Crippen molar-refractivity contribution < 1.29 is 22.7 Å². The highest BCUT2D eigenvalue weighted by Crippen LogP contribution is 2.43. The van der Waals surface area contributed by atoms with Crippen LogP contribution in [-0.4, -0.2) is 17.8 Å². The molecule has 1 aliphatic heterocycles. The molecule has 7 heteroatoms. The van der Waals surface area contributed by atoms with E-state index in [-0.39, 0.29) is 5.12 Å². The summed E-state index contributed by atoms with van der Waals surface area (Å²) in [5.74, 6) is 0.896. The minimum Gasteiger partial charge on any atom is -0.494 e. The fourth-order valence-corrected chi connectivity index (χ4v) is 4.11. The number of halogens is 3. The molecule has 1 unspecified atom stereocenters. The van der Waals surface area contributed by atoms with Crippen molar-refractivity contribution in [3.63, 3.8) is 0 Å². The van der Waals surface area contributed by atoms with E-state index in [9.17, 15) is 18.0 Å². The van der Waals surface area contributed by atoms with Crippen LogP contribution >= 0.6 is 10.9 Å². The molecule has 24 heavy (non-hydrogen) atoms. The van der Waals surface area contributed by atoms with Crippen molar-refractivity contribution in [3.05, 3.63) is 59.2 Å². The van der Waals surface area contributed by atoms with E-state index in [4.69, 9.17) is 4.74 Å². The molecule has 0 bridgehead atoms. The Morgan fingerprint density at radius 3 is 2.46 bits per heavy atom. The van der Waals surface area contributed by atoms with Crippen molar-refractivity contribution in [1.29, 1.82) is 0 Å². The first-order valence-corrected chi connectivity index (χ1v) is 8.68. The van der Waals surface area contributed by atoms with Gasteiger partial charge in [0.2, 0.25) is 5.12 Å². The molecule has 0 N–H and O–H groups in total. The largest absolute Gasteiger partial charge is 0.494 e. The first-order chi connectivity index (χ1) is 11.4. The first kappa shape index (κ1) is 16.6. The van der Waals surface area contributed by atoms with Crippen LogP contribution in [0.2, 0.25) is 0 Å². The average molecular weight is 353 g/mol. The zero-order chi connectivity index (χ0) is 17.3. The SMILES string of the molecule is COc1cccc2c1N=C[SH](Cc1ccc(C(F)(F)F)cc1)C2=O. The van der Waals surface area contributed by atoms with Crippen LogP contribution in [0.3, 0.4) is 0 Å². The van der Waals surface area contributed by atoms with Gasteiger partial charge in [0.1, 0.15) is 11.4 Å². The molecule has 0 fully saturated rings. The molecule has 0 amide bonds. The van der Waals surface area contributed by atoms with E-state index in [0.29, 0.717) is 28.3 Å². The molecule has 0 spiro atoms. The Bertz CT molecular complexity index is 800. The number of hydrogen-bond acceptors (Lipinski definition) is 3. The van der Waals surface area contributed by atoms with Crippen LogP contribution in [0.1, 0.15) is 21.5 Å². The van der Waals surface area contributed by atoms with Gasteiger partial charge >= 0.3 is 6.18 Å². The van der Waals surface area contributed by atoms with Gasteiger partial charge in [0, 0.05) is 11.3 Å². The summed E-state index contributed by atoms with van der Waals surface area (Å²) in [4.78, 5) is 16.9. The normalized spacial score (nSPS) is 18.3. The molecule has 3 nitrogen and oxygen atoms in total. The summed E-state index contributed by atoms with van der Waals surface area (Å²) >= 11 is 0. The molecule has 126 valence electrons. The molecule has 1 atom stereocenters. The third-order valence-corrected chi connectivity index (χ3v) is 5.53. The number of fused-ring (bicyclic) bond motifs is 1. The number of nitrogens with zero attached hydrogens (tertiary/aromatic N) is 1. The lowest BCUT2D eigenvalue weighted by Crippen LogP contribution is -2.09. The topological polar surface area (TPSA) is 38.7 Å². The zero-order valence-corrected chi connectivity index (χ0v) is 13.6. The number of aliphatic imine (C=N–C) groups is 1. The second-order valence-electron chi connectivity index (χ2n) is 5.23. The van der Waals surface area contributed by atoms with Gasteiger partial charge in [-0.05, 0) is 29.8 Å². The van der Waals surface area contributed by atoms with E-state index < -0.39 is 22.6 Å². The van der Waals surface area contributed by atoms with Crippen molar-refractivity contribution in [1.82, 2.24) is 0 Å². The molecule has 3 rings (SSSR count). The van der Waals surface area contributed by atoms with Crippen LogP contribution in [0.25, 0.3) is 0 Å². The highest BCUT2D eigenvalue weighted by atomic mass is 32.2. The monoisotopic (exact) mass is 353 g/mol. The number of methoxy groups -OCH3 is 1. The molecular weight excluding hydrogens is 339 g/mol. The number of benzene rings is 2. The van der Waals surface area contributed by atoms with Gasteiger partial charge in [-0.15, -0.1) is 10.9 Å². The van der Waals surface area contributed by atoms with Crippen LogP contribution in [0.4, 0.5) is 18.9 Å². The quantitative estimate of drug-likeness (QED) is 0.810. The summed E-state index contributed by atoms with van der Waals surface area (Å²) in [5, 5.41) is -0.0474. The van der Waals surface area contributed by atoms with Gasteiger partial charge in [-0.3, -0.25) is 4.79 Å². The summed E-state index contributed by atoms with van der Waals surface area (Å²) in [6, 6.07) is 10.0. The second-order valence-corrected chi connectivity index (χ2v) is 7.12. The molecule has 2 aromatic carbocycles. The minimum absolute atomic E-state index is 0.0474. The molecule has 0 saturated carbocycles.